The van der Waals surface area contributed by atoms with Crippen molar-refractivity contribution in [3.8, 4) is 0 Å². The van der Waals surface area contributed by atoms with Crippen molar-refractivity contribution in [1.82, 2.24) is 4.98 Å². The van der Waals surface area contributed by atoms with E-state index in [-0.39, 0.29) is 12.3 Å². The number of pyridine rings is 1. The second-order valence-corrected chi connectivity index (χ2v) is 5.51. The first kappa shape index (κ1) is 15.8. The molecule has 0 fully saturated rings. The van der Waals surface area contributed by atoms with Gasteiger partial charge in [-0.25, -0.2) is 4.98 Å². The fourth-order valence-corrected chi connectivity index (χ4v) is 2.41. The quantitative estimate of drug-likeness (QED) is 0.900. The second kappa shape index (κ2) is 6.89. The lowest BCUT2D eigenvalue weighted by atomic mass is 10.1. The zero-order valence-electron chi connectivity index (χ0n) is 11.3. The lowest BCUT2D eigenvalue weighted by Gasteiger charge is -2.12. The Hall–Kier alpha value is -1.62. The van der Waals surface area contributed by atoms with Gasteiger partial charge in [0.2, 0.25) is 5.91 Å². The van der Waals surface area contributed by atoms with Crippen molar-refractivity contribution in [1.29, 1.82) is 0 Å². The van der Waals surface area contributed by atoms with Crippen LogP contribution >= 0.6 is 23.2 Å². The Labute approximate surface area is 132 Å². The first-order chi connectivity index (χ1) is 9.94. The van der Waals surface area contributed by atoms with Gasteiger partial charge in [-0.1, -0.05) is 29.3 Å². The largest absolute Gasteiger partial charge is 0.388 e. The summed E-state index contributed by atoms with van der Waals surface area (Å²) in [5, 5.41) is 13.5. The second-order valence-electron chi connectivity index (χ2n) is 4.64. The van der Waals surface area contributed by atoms with Gasteiger partial charge in [-0.2, -0.15) is 0 Å². The molecule has 2 rings (SSSR count). The van der Waals surface area contributed by atoms with Gasteiger partial charge in [0, 0.05) is 15.7 Å². The highest BCUT2D eigenvalue weighted by molar-refractivity contribution is 6.34. The summed E-state index contributed by atoms with van der Waals surface area (Å²) in [7, 11) is 0. The predicted octanol–water partition coefficient (Wildman–Crippen LogP) is 3.76. The van der Waals surface area contributed by atoms with Gasteiger partial charge in [-0.15, -0.1) is 0 Å². The first-order valence-corrected chi connectivity index (χ1v) is 7.07. The third kappa shape index (κ3) is 4.70. The molecule has 2 aromatic rings. The van der Waals surface area contributed by atoms with Crippen LogP contribution in [0.2, 0.25) is 10.0 Å². The summed E-state index contributed by atoms with van der Waals surface area (Å²) in [5.74, 6) is 0.119. The standard InChI is InChI=1S/C15H14Cl2N2O2/c1-9-3-2-4-14(18-9)19-15(21)8-13(20)10-5-11(16)7-12(17)6-10/h2-7,13,20H,8H2,1H3,(H,18,19,21). The number of aliphatic hydroxyl groups excluding tert-OH is 1. The van der Waals surface area contributed by atoms with Gasteiger partial charge in [0.1, 0.15) is 5.82 Å². The van der Waals surface area contributed by atoms with E-state index in [1.807, 2.05) is 13.0 Å². The number of carbonyl (C=O) groups excluding carboxylic acids is 1. The molecule has 0 saturated heterocycles. The molecular weight excluding hydrogens is 311 g/mol. The minimum absolute atomic E-state index is 0.105. The van der Waals surface area contributed by atoms with Crippen LogP contribution in [-0.4, -0.2) is 16.0 Å². The lowest BCUT2D eigenvalue weighted by molar-refractivity contribution is -0.118. The number of aliphatic hydroxyl groups is 1. The zero-order valence-corrected chi connectivity index (χ0v) is 12.8. The number of amides is 1. The molecule has 0 spiro atoms. The molecule has 1 amide bonds. The summed E-state index contributed by atoms with van der Waals surface area (Å²) in [6.07, 6.45) is -1.09. The summed E-state index contributed by atoms with van der Waals surface area (Å²) < 4.78 is 0. The van der Waals surface area contributed by atoms with E-state index in [1.165, 1.54) is 0 Å². The maximum atomic E-state index is 11.9. The van der Waals surface area contributed by atoms with Crippen molar-refractivity contribution < 1.29 is 9.90 Å². The van der Waals surface area contributed by atoms with E-state index >= 15 is 0 Å². The van der Waals surface area contributed by atoms with Crippen LogP contribution < -0.4 is 5.32 Å². The molecule has 6 heteroatoms. The minimum atomic E-state index is -0.981. The van der Waals surface area contributed by atoms with E-state index in [1.54, 1.807) is 30.3 Å². The molecule has 1 aromatic carbocycles. The van der Waals surface area contributed by atoms with Crippen LogP contribution in [0.3, 0.4) is 0 Å². The molecule has 0 aliphatic heterocycles. The maximum Gasteiger partial charge on any atom is 0.228 e. The fourth-order valence-electron chi connectivity index (χ4n) is 1.87. The normalized spacial score (nSPS) is 12.0. The Kier molecular flexibility index (Phi) is 5.17. The molecule has 1 atom stereocenters. The number of rotatable bonds is 4. The molecule has 21 heavy (non-hydrogen) atoms. The Bertz CT molecular complexity index is 642. The molecule has 1 unspecified atom stereocenters. The van der Waals surface area contributed by atoms with Crippen molar-refractivity contribution in [2.75, 3.05) is 5.32 Å². The molecule has 1 aromatic heterocycles. The topological polar surface area (TPSA) is 62.2 Å². The number of anilines is 1. The Balaban J connectivity index is 2.02. The average Bonchev–Trinajstić information content (AvgIpc) is 2.37. The van der Waals surface area contributed by atoms with Crippen LogP contribution in [0.1, 0.15) is 23.8 Å². The van der Waals surface area contributed by atoms with Crippen LogP contribution in [0.5, 0.6) is 0 Å². The predicted molar refractivity (Wildman–Crippen MR) is 83.6 cm³/mol. The van der Waals surface area contributed by atoms with E-state index < -0.39 is 6.10 Å². The summed E-state index contributed by atoms with van der Waals surface area (Å²) in [6, 6.07) is 10.0. The fraction of sp³-hybridized carbons (Fsp3) is 0.200. The Morgan fingerprint density at radius 3 is 2.57 bits per heavy atom. The van der Waals surface area contributed by atoms with Crippen LogP contribution in [-0.2, 0) is 4.79 Å². The van der Waals surface area contributed by atoms with Crippen molar-refractivity contribution in [3.63, 3.8) is 0 Å². The van der Waals surface area contributed by atoms with Crippen molar-refractivity contribution in [3.05, 3.63) is 57.7 Å². The SMILES string of the molecule is Cc1cccc(NC(=O)CC(O)c2cc(Cl)cc(Cl)c2)n1. The van der Waals surface area contributed by atoms with Crippen molar-refractivity contribution in [2.24, 2.45) is 0 Å². The van der Waals surface area contributed by atoms with Crippen LogP contribution in [0, 0.1) is 6.92 Å². The van der Waals surface area contributed by atoms with Crippen LogP contribution in [0.25, 0.3) is 0 Å². The first-order valence-electron chi connectivity index (χ1n) is 6.31. The monoisotopic (exact) mass is 324 g/mol. The summed E-state index contributed by atoms with van der Waals surface area (Å²) in [4.78, 5) is 16.1. The van der Waals surface area contributed by atoms with Gasteiger partial charge in [-0.05, 0) is 42.8 Å². The molecule has 110 valence electrons. The molecule has 0 aliphatic carbocycles. The van der Waals surface area contributed by atoms with Gasteiger partial charge >= 0.3 is 0 Å². The number of aryl methyl sites for hydroxylation is 1. The average molecular weight is 325 g/mol. The number of nitrogens with zero attached hydrogens (tertiary/aromatic N) is 1. The molecule has 1 heterocycles. The van der Waals surface area contributed by atoms with Crippen molar-refractivity contribution in [2.45, 2.75) is 19.4 Å². The highest BCUT2D eigenvalue weighted by Crippen LogP contribution is 2.25. The smallest absolute Gasteiger partial charge is 0.228 e. The number of hydrogen-bond donors (Lipinski definition) is 2. The molecule has 0 bridgehead atoms. The third-order valence-electron chi connectivity index (χ3n) is 2.80. The van der Waals surface area contributed by atoms with E-state index in [2.05, 4.69) is 10.3 Å². The third-order valence-corrected chi connectivity index (χ3v) is 3.24. The van der Waals surface area contributed by atoms with Gasteiger partial charge in [0.25, 0.3) is 0 Å². The maximum absolute atomic E-state index is 11.9. The molecular formula is C15H14Cl2N2O2. The molecule has 0 saturated carbocycles. The van der Waals surface area contributed by atoms with E-state index in [0.717, 1.165) is 5.69 Å². The van der Waals surface area contributed by atoms with Gasteiger partial charge in [0.05, 0.1) is 12.5 Å². The minimum Gasteiger partial charge on any atom is -0.388 e. The Morgan fingerprint density at radius 2 is 1.95 bits per heavy atom. The van der Waals surface area contributed by atoms with Gasteiger partial charge in [-0.3, -0.25) is 4.79 Å². The lowest BCUT2D eigenvalue weighted by Crippen LogP contribution is -2.16. The number of carbonyl (C=O) groups is 1. The molecule has 0 aliphatic rings. The summed E-state index contributed by atoms with van der Waals surface area (Å²) >= 11 is 11.7. The molecule has 4 nitrogen and oxygen atoms in total. The summed E-state index contributed by atoms with van der Waals surface area (Å²) in [6.45, 7) is 1.83. The molecule has 0 radical (unpaired) electrons. The number of benzene rings is 1. The number of aromatic nitrogens is 1. The number of nitrogens with one attached hydrogen (secondary N) is 1. The van der Waals surface area contributed by atoms with Gasteiger partial charge in [0.15, 0.2) is 0 Å². The van der Waals surface area contributed by atoms with E-state index in [9.17, 15) is 9.90 Å². The highest BCUT2D eigenvalue weighted by Gasteiger charge is 2.15. The van der Waals surface area contributed by atoms with E-state index in [0.29, 0.717) is 21.4 Å². The highest BCUT2D eigenvalue weighted by atomic mass is 35.5. The number of halogens is 2. The zero-order chi connectivity index (χ0) is 15.4. The molecule has 2 N–H and O–H groups in total. The Morgan fingerprint density at radius 1 is 1.29 bits per heavy atom. The van der Waals surface area contributed by atoms with Gasteiger partial charge < -0.3 is 10.4 Å². The van der Waals surface area contributed by atoms with E-state index in [4.69, 9.17) is 23.2 Å². The van der Waals surface area contributed by atoms with Crippen LogP contribution in [0.15, 0.2) is 36.4 Å². The van der Waals surface area contributed by atoms with Crippen LogP contribution in [0.4, 0.5) is 5.82 Å². The number of hydrogen-bond acceptors (Lipinski definition) is 3. The van der Waals surface area contributed by atoms with Crippen molar-refractivity contribution >= 4 is 34.9 Å². The summed E-state index contributed by atoms with van der Waals surface area (Å²) in [5.41, 5.74) is 1.30.